The number of ether oxygens (including phenoxy) is 2. The van der Waals surface area contributed by atoms with Crippen molar-refractivity contribution in [2.24, 2.45) is 0 Å². The number of hydrogen-bond donors (Lipinski definition) is 2. The number of anilines is 5. The summed E-state index contributed by atoms with van der Waals surface area (Å²) in [6.07, 6.45) is 5.37. The molecule has 2 aromatic carbocycles. The Bertz CT molecular complexity index is 1660. The zero-order valence-corrected chi connectivity index (χ0v) is 28.4. The van der Waals surface area contributed by atoms with Gasteiger partial charge in [0, 0.05) is 63.9 Å². The molecule has 1 atom stereocenters. The number of carbonyl (C=O) groups is 1. The van der Waals surface area contributed by atoms with Crippen LogP contribution in [0.25, 0.3) is 0 Å². The van der Waals surface area contributed by atoms with Gasteiger partial charge in [-0.25, -0.2) is 19.4 Å². The van der Waals surface area contributed by atoms with Gasteiger partial charge in [-0.05, 0) is 36.6 Å². The molecule has 2 N–H and O–H groups in total. The molecule has 0 saturated carbocycles. The second-order valence-corrected chi connectivity index (χ2v) is 13.1. The molecule has 0 bridgehead atoms. The molecule has 1 unspecified atom stereocenters. The van der Waals surface area contributed by atoms with E-state index < -0.39 is 5.82 Å². The van der Waals surface area contributed by atoms with Gasteiger partial charge in [-0.15, -0.1) is 0 Å². The monoisotopic (exact) mass is 692 g/mol. The van der Waals surface area contributed by atoms with Gasteiger partial charge in [0.1, 0.15) is 23.7 Å². The van der Waals surface area contributed by atoms with Crippen LogP contribution in [0.5, 0.6) is 5.75 Å². The third-order valence-corrected chi connectivity index (χ3v) is 10.4. The number of amides is 1. The number of piperidine rings is 1. The van der Waals surface area contributed by atoms with Crippen LogP contribution >= 0.6 is 11.6 Å². The van der Waals surface area contributed by atoms with Crippen molar-refractivity contribution in [1.29, 1.82) is 0 Å². The van der Waals surface area contributed by atoms with Gasteiger partial charge in [0.15, 0.2) is 5.82 Å². The Morgan fingerprint density at radius 2 is 1.78 bits per heavy atom. The first-order valence-corrected chi connectivity index (χ1v) is 17.2. The lowest BCUT2D eigenvalue weighted by atomic mass is 10.0. The second-order valence-electron chi connectivity index (χ2n) is 12.7. The number of carbonyl (C=O) groups excluding carboxylic acids is 1. The maximum absolute atomic E-state index is 14.3. The number of benzene rings is 2. The SMILES string of the molecule is C=CC(=O)Nc1cc(Nc2cc(N3OCCC3c3cccc(F)c3Cl)ncn2)c(OC)cc1N1CCC(N2CCN(C3COC3)CC2)CC1. The molecule has 49 heavy (non-hydrogen) atoms. The molecular weight excluding hydrogens is 651 g/mol. The fourth-order valence-electron chi connectivity index (χ4n) is 7.18. The third-order valence-electron chi connectivity index (χ3n) is 9.95. The van der Waals surface area contributed by atoms with Crippen LogP contribution in [0.4, 0.5) is 33.1 Å². The zero-order chi connectivity index (χ0) is 33.9. The Labute approximate surface area is 290 Å². The Balaban J connectivity index is 1.07. The number of methoxy groups -OCH3 is 1. The number of hydrogen-bond acceptors (Lipinski definition) is 11. The predicted octanol–water partition coefficient (Wildman–Crippen LogP) is 5.01. The highest BCUT2D eigenvalue weighted by Crippen LogP contribution is 2.41. The van der Waals surface area contributed by atoms with Crippen molar-refractivity contribution in [3.8, 4) is 5.75 Å². The summed E-state index contributed by atoms with van der Waals surface area (Å²) in [5.41, 5.74) is 2.75. The lowest BCUT2D eigenvalue weighted by Crippen LogP contribution is -2.59. The number of aromatic nitrogens is 2. The molecule has 0 radical (unpaired) electrons. The predicted molar refractivity (Wildman–Crippen MR) is 187 cm³/mol. The zero-order valence-electron chi connectivity index (χ0n) is 27.6. The van der Waals surface area contributed by atoms with Crippen LogP contribution in [0, 0.1) is 5.82 Å². The number of nitrogens with zero attached hydrogens (tertiary/aromatic N) is 6. The van der Waals surface area contributed by atoms with Gasteiger partial charge in [0.25, 0.3) is 0 Å². The number of hydroxylamine groups is 1. The van der Waals surface area contributed by atoms with Gasteiger partial charge in [-0.1, -0.05) is 30.3 Å². The smallest absolute Gasteiger partial charge is 0.247 e. The molecule has 7 rings (SSSR count). The lowest BCUT2D eigenvalue weighted by molar-refractivity contribution is -0.111. The summed E-state index contributed by atoms with van der Waals surface area (Å²) in [7, 11) is 1.62. The Kier molecular flexibility index (Phi) is 10.1. The van der Waals surface area contributed by atoms with E-state index in [2.05, 4.69) is 41.9 Å². The summed E-state index contributed by atoms with van der Waals surface area (Å²) >= 11 is 6.33. The number of halogens is 2. The first kappa shape index (κ1) is 33.5. The average molecular weight is 693 g/mol. The van der Waals surface area contributed by atoms with E-state index in [1.165, 1.54) is 18.5 Å². The quantitative estimate of drug-likeness (QED) is 0.280. The maximum Gasteiger partial charge on any atom is 0.247 e. The maximum atomic E-state index is 14.3. The van der Waals surface area contributed by atoms with Gasteiger partial charge in [0.05, 0.1) is 61.1 Å². The summed E-state index contributed by atoms with van der Waals surface area (Å²) in [4.78, 5) is 34.9. The Morgan fingerprint density at radius 3 is 2.47 bits per heavy atom. The minimum atomic E-state index is -0.482. The van der Waals surface area contributed by atoms with Crippen LogP contribution in [-0.4, -0.2) is 104 Å². The fourth-order valence-corrected chi connectivity index (χ4v) is 7.44. The summed E-state index contributed by atoms with van der Waals surface area (Å²) in [6.45, 7) is 11.9. The van der Waals surface area contributed by atoms with E-state index in [0.29, 0.717) is 59.4 Å². The van der Waals surface area contributed by atoms with Crippen LogP contribution in [0.1, 0.15) is 30.9 Å². The first-order valence-electron chi connectivity index (χ1n) is 16.8. The summed E-state index contributed by atoms with van der Waals surface area (Å²) in [5, 5.41) is 8.04. The number of rotatable bonds is 10. The lowest BCUT2D eigenvalue weighted by Gasteiger charge is -2.46. The van der Waals surface area contributed by atoms with Crippen LogP contribution in [-0.2, 0) is 14.4 Å². The molecule has 1 aromatic heterocycles. The molecule has 260 valence electrons. The van der Waals surface area contributed by atoms with E-state index in [1.54, 1.807) is 30.4 Å². The second kappa shape index (κ2) is 14.9. The number of nitrogens with one attached hydrogen (secondary N) is 2. The normalized spacial score (nSPS) is 21.0. The molecule has 3 aromatic rings. The summed E-state index contributed by atoms with van der Waals surface area (Å²) < 4.78 is 25.5. The molecule has 0 spiro atoms. The van der Waals surface area contributed by atoms with Crippen molar-refractivity contribution in [2.45, 2.75) is 37.4 Å². The highest BCUT2D eigenvalue weighted by Gasteiger charge is 2.34. The Hall–Kier alpha value is -4.01. The fraction of sp³-hybridized carbons (Fsp3) is 0.457. The third kappa shape index (κ3) is 7.17. The van der Waals surface area contributed by atoms with Gasteiger partial charge in [-0.3, -0.25) is 19.4 Å². The van der Waals surface area contributed by atoms with Gasteiger partial charge in [-0.2, -0.15) is 0 Å². The van der Waals surface area contributed by atoms with Gasteiger partial charge in [0.2, 0.25) is 5.91 Å². The minimum Gasteiger partial charge on any atom is -0.494 e. The highest BCUT2D eigenvalue weighted by atomic mass is 35.5. The van der Waals surface area contributed by atoms with Crippen LogP contribution < -0.4 is 25.3 Å². The van der Waals surface area contributed by atoms with Crippen molar-refractivity contribution >= 4 is 46.2 Å². The molecule has 14 heteroatoms. The molecule has 4 fully saturated rings. The van der Waals surface area contributed by atoms with Crippen LogP contribution in [0.2, 0.25) is 5.02 Å². The van der Waals surface area contributed by atoms with Gasteiger partial charge < -0.3 is 25.0 Å². The van der Waals surface area contributed by atoms with E-state index in [1.807, 2.05) is 12.1 Å². The summed E-state index contributed by atoms with van der Waals surface area (Å²) in [5.74, 6) is 0.760. The van der Waals surface area contributed by atoms with Crippen molar-refractivity contribution in [2.75, 3.05) is 86.8 Å². The van der Waals surface area contributed by atoms with E-state index in [9.17, 15) is 9.18 Å². The molecule has 4 aliphatic rings. The van der Waals surface area contributed by atoms with Crippen molar-refractivity contribution < 1.29 is 23.5 Å². The summed E-state index contributed by atoms with van der Waals surface area (Å²) in [6, 6.07) is 11.1. The molecule has 4 aliphatic heterocycles. The molecular formula is C35H42ClFN8O4. The molecule has 1 amide bonds. The van der Waals surface area contributed by atoms with Crippen molar-refractivity contribution in [1.82, 2.24) is 19.8 Å². The van der Waals surface area contributed by atoms with E-state index in [-0.39, 0.29) is 17.0 Å². The minimum absolute atomic E-state index is 0.0662. The number of piperazine rings is 1. The van der Waals surface area contributed by atoms with E-state index >= 15 is 0 Å². The van der Waals surface area contributed by atoms with E-state index in [0.717, 1.165) is 71.0 Å². The largest absolute Gasteiger partial charge is 0.494 e. The standard InChI is InChI=1S/C35H42ClFN8O4/c1-3-34(46)41-27-17-28(40-32-19-33(39-22-38-32)45-29(9-16-49-45)25-5-4-6-26(37)35(25)36)31(47-2)18-30(27)44-10-7-23(8-11-44)42-12-14-43(15-13-42)24-20-48-21-24/h3-6,17-19,22-24,29H,1,7-16,20-21H2,2H3,(H,41,46)(H,38,39,40). The van der Waals surface area contributed by atoms with Gasteiger partial charge >= 0.3 is 0 Å². The molecule has 5 heterocycles. The average Bonchev–Trinajstić information content (AvgIpc) is 3.59. The highest BCUT2D eigenvalue weighted by molar-refractivity contribution is 6.31. The molecule has 0 aliphatic carbocycles. The molecule has 12 nitrogen and oxygen atoms in total. The van der Waals surface area contributed by atoms with Crippen LogP contribution in [0.15, 0.2) is 55.4 Å². The Morgan fingerprint density at radius 1 is 1.02 bits per heavy atom. The van der Waals surface area contributed by atoms with Crippen LogP contribution in [0.3, 0.4) is 0 Å². The van der Waals surface area contributed by atoms with E-state index in [4.69, 9.17) is 25.9 Å². The molecule has 4 saturated heterocycles. The topological polar surface area (TPSA) is 108 Å². The van der Waals surface area contributed by atoms with Crippen molar-refractivity contribution in [3.63, 3.8) is 0 Å². The van der Waals surface area contributed by atoms with Crippen molar-refractivity contribution in [3.05, 3.63) is 71.8 Å². The first-order chi connectivity index (χ1) is 23.9.